The van der Waals surface area contributed by atoms with E-state index in [1.165, 1.54) is 5.57 Å². The molecular weight excluding hydrogens is 252 g/mol. The van der Waals surface area contributed by atoms with Gasteiger partial charge in [0.1, 0.15) is 5.60 Å². The second-order valence-corrected chi connectivity index (χ2v) is 6.16. The first-order valence-electron chi connectivity index (χ1n) is 6.96. The minimum atomic E-state index is -0.453. The van der Waals surface area contributed by atoms with Gasteiger partial charge in [0.2, 0.25) is 0 Å². The minimum absolute atomic E-state index is 0.249. The van der Waals surface area contributed by atoms with Crippen molar-refractivity contribution in [1.82, 2.24) is 9.88 Å². The lowest BCUT2D eigenvalue weighted by atomic mass is 9.94. The molecule has 4 nitrogen and oxygen atoms in total. The van der Waals surface area contributed by atoms with Crippen molar-refractivity contribution in [2.45, 2.75) is 33.3 Å². The molecule has 1 aromatic heterocycles. The predicted molar refractivity (Wildman–Crippen MR) is 79.2 cm³/mol. The quantitative estimate of drug-likeness (QED) is 0.788. The summed E-state index contributed by atoms with van der Waals surface area (Å²) in [5.41, 5.74) is 1.74. The summed E-state index contributed by atoms with van der Waals surface area (Å²) in [5.74, 6) is 0.256. The average Bonchev–Trinajstić information content (AvgIpc) is 2.37. The number of amides is 1. The molecule has 1 atom stereocenters. The van der Waals surface area contributed by atoms with Gasteiger partial charge in [0.25, 0.3) is 0 Å². The van der Waals surface area contributed by atoms with Crippen molar-refractivity contribution in [3.8, 4) is 0 Å². The zero-order valence-electron chi connectivity index (χ0n) is 12.6. The first-order valence-corrected chi connectivity index (χ1v) is 6.96. The number of hydrogen-bond donors (Lipinski definition) is 0. The molecule has 1 aromatic rings. The van der Waals surface area contributed by atoms with Crippen LogP contribution in [-0.4, -0.2) is 34.7 Å². The van der Waals surface area contributed by atoms with Gasteiger partial charge in [-0.1, -0.05) is 19.1 Å². The monoisotopic (exact) mass is 274 g/mol. The number of ether oxygens (including phenoxy) is 1. The van der Waals surface area contributed by atoms with E-state index < -0.39 is 5.60 Å². The van der Waals surface area contributed by atoms with Gasteiger partial charge in [-0.3, -0.25) is 4.98 Å². The highest BCUT2D eigenvalue weighted by Gasteiger charge is 2.27. The van der Waals surface area contributed by atoms with Crippen molar-refractivity contribution in [2.75, 3.05) is 13.1 Å². The number of nitrogens with zero attached hydrogens (tertiary/aromatic N) is 2. The van der Waals surface area contributed by atoms with Crippen LogP contribution >= 0.6 is 0 Å². The van der Waals surface area contributed by atoms with Gasteiger partial charge in [-0.15, -0.1) is 0 Å². The van der Waals surface area contributed by atoms with Gasteiger partial charge in [0.05, 0.1) is 5.69 Å². The van der Waals surface area contributed by atoms with Crippen LogP contribution < -0.4 is 0 Å². The first-order chi connectivity index (χ1) is 9.37. The lowest BCUT2D eigenvalue weighted by molar-refractivity contribution is 0.0251. The number of carbonyl (C=O) groups is 1. The zero-order chi connectivity index (χ0) is 14.8. The summed E-state index contributed by atoms with van der Waals surface area (Å²) in [7, 11) is 0. The molecule has 0 aromatic carbocycles. The lowest BCUT2D eigenvalue weighted by Crippen LogP contribution is -2.41. The molecule has 1 aliphatic heterocycles. The average molecular weight is 274 g/mol. The predicted octanol–water partition coefficient (Wildman–Crippen LogP) is 3.35. The fourth-order valence-electron chi connectivity index (χ4n) is 2.28. The third-order valence-electron chi connectivity index (χ3n) is 3.17. The molecule has 0 saturated heterocycles. The molecule has 1 aliphatic rings. The topological polar surface area (TPSA) is 42.4 Å². The Morgan fingerprint density at radius 3 is 2.70 bits per heavy atom. The summed E-state index contributed by atoms with van der Waals surface area (Å²) in [5, 5.41) is 0. The SMILES string of the molecule is CC1CN(C(=O)OC(C)(C)C)CC=C1c1ccccn1. The van der Waals surface area contributed by atoms with E-state index in [-0.39, 0.29) is 12.0 Å². The van der Waals surface area contributed by atoms with Crippen LogP contribution in [0.15, 0.2) is 30.5 Å². The summed E-state index contributed by atoms with van der Waals surface area (Å²) < 4.78 is 5.41. The van der Waals surface area contributed by atoms with Gasteiger partial charge in [-0.2, -0.15) is 0 Å². The van der Waals surface area contributed by atoms with Crippen molar-refractivity contribution < 1.29 is 9.53 Å². The Hall–Kier alpha value is -1.84. The molecular formula is C16H22N2O2. The Morgan fingerprint density at radius 2 is 2.15 bits per heavy atom. The summed E-state index contributed by atoms with van der Waals surface area (Å²) in [6, 6.07) is 5.89. The Kier molecular flexibility index (Phi) is 4.12. The van der Waals surface area contributed by atoms with Gasteiger partial charge in [-0.25, -0.2) is 4.79 Å². The zero-order valence-corrected chi connectivity index (χ0v) is 12.6. The van der Waals surface area contributed by atoms with Gasteiger partial charge in [0, 0.05) is 25.2 Å². The van der Waals surface area contributed by atoms with Crippen molar-refractivity contribution in [3.63, 3.8) is 0 Å². The highest BCUT2D eigenvalue weighted by Crippen LogP contribution is 2.26. The standard InChI is InChI=1S/C16H22N2O2/c1-12-11-18(15(19)20-16(2,3)4)10-8-13(12)14-7-5-6-9-17-14/h5-9,12H,10-11H2,1-4H3. The summed E-state index contributed by atoms with van der Waals surface area (Å²) in [4.78, 5) is 18.2. The molecule has 0 radical (unpaired) electrons. The van der Waals surface area contributed by atoms with E-state index in [4.69, 9.17) is 4.74 Å². The maximum atomic E-state index is 12.1. The summed E-state index contributed by atoms with van der Waals surface area (Å²) in [6.07, 6.45) is 3.62. The Morgan fingerprint density at radius 1 is 1.40 bits per heavy atom. The summed E-state index contributed by atoms with van der Waals surface area (Å²) >= 11 is 0. The van der Waals surface area contributed by atoms with Crippen LogP contribution in [-0.2, 0) is 4.74 Å². The van der Waals surface area contributed by atoms with Crippen LogP contribution in [0.25, 0.3) is 5.57 Å². The molecule has 1 amide bonds. The minimum Gasteiger partial charge on any atom is -0.444 e. The molecule has 1 unspecified atom stereocenters. The molecule has 2 heterocycles. The van der Waals surface area contributed by atoms with E-state index in [1.807, 2.05) is 39.0 Å². The molecule has 0 saturated carbocycles. The van der Waals surface area contributed by atoms with E-state index in [0.717, 1.165) is 5.69 Å². The van der Waals surface area contributed by atoms with Crippen LogP contribution in [0.1, 0.15) is 33.4 Å². The maximum absolute atomic E-state index is 12.1. The molecule has 20 heavy (non-hydrogen) atoms. The fraction of sp³-hybridized carbons (Fsp3) is 0.500. The molecule has 0 spiro atoms. The highest BCUT2D eigenvalue weighted by atomic mass is 16.6. The van der Waals surface area contributed by atoms with Crippen molar-refractivity contribution in [2.24, 2.45) is 5.92 Å². The van der Waals surface area contributed by atoms with Gasteiger partial charge < -0.3 is 9.64 Å². The molecule has 0 aliphatic carbocycles. The third kappa shape index (κ3) is 3.59. The number of pyridine rings is 1. The second kappa shape index (κ2) is 5.65. The Balaban J connectivity index is 2.08. The van der Waals surface area contributed by atoms with E-state index >= 15 is 0 Å². The van der Waals surface area contributed by atoms with Gasteiger partial charge in [0.15, 0.2) is 0 Å². The van der Waals surface area contributed by atoms with Crippen molar-refractivity contribution >= 4 is 11.7 Å². The van der Waals surface area contributed by atoms with Crippen LogP contribution in [0.2, 0.25) is 0 Å². The second-order valence-electron chi connectivity index (χ2n) is 6.16. The Bertz CT molecular complexity index is 503. The van der Waals surface area contributed by atoms with Crippen LogP contribution in [0.3, 0.4) is 0 Å². The van der Waals surface area contributed by atoms with E-state index in [9.17, 15) is 4.79 Å². The normalized spacial score (nSPS) is 19.5. The van der Waals surface area contributed by atoms with Crippen molar-refractivity contribution in [1.29, 1.82) is 0 Å². The molecule has 108 valence electrons. The Labute approximate surface area is 120 Å². The molecule has 2 rings (SSSR count). The van der Waals surface area contributed by atoms with Crippen LogP contribution in [0.5, 0.6) is 0 Å². The number of aromatic nitrogens is 1. The number of carbonyl (C=O) groups excluding carboxylic acids is 1. The number of rotatable bonds is 1. The highest BCUT2D eigenvalue weighted by molar-refractivity contribution is 5.72. The molecule has 0 fully saturated rings. The maximum Gasteiger partial charge on any atom is 0.410 e. The number of hydrogen-bond acceptors (Lipinski definition) is 3. The fourth-order valence-corrected chi connectivity index (χ4v) is 2.28. The van der Waals surface area contributed by atoms with E-state index in [0.29, 0.717) is 13.1 Å². The molecule has 4 heteroatoms. The van der Waals surface area contributed by atoms with E-state index in [2.05, 4.69) is 18.0 Å². The van der Waals surface area contributed by atoms with Gasteiger partial charge in [-0.05, 0) is 38.5 Å². The van der Waals surface area contributed by atoms with Gasteiger partial charge >= 0.3 is 6.09 Å². The molecule has 0 N–H and O–H groups in total. The smallest absolute Gasteiger partial charge is 0.410 e. The first kappa shape index (κ1) is 14.6. The summed E-state index contributed by atoms with van der Waals surface area (Å²) in [6.45, 7) is 8.99. The lowest BCUT2D eigenvalue weighted by Gasteiger charge is -2.32. The largest absolute Gasteiger partial charge is 0.444 e. The van der Waals surface area contributed by atoms with E-state index in [1.54, 1.807) is 11.1 Å². The van der Waals surface area contributed by atoms with Crippen LogP contribution in [0, 0.1) is 5.92 Å². The van der Waals surface area contributed by atoms with Crippen molar-refractivity contribution in [3.05, 3.63) is 36.2 Å². The molecule has 0 bridgehead atoms. The van der Waals surface area contributed by atoms with Crippen LogP contribution in [0.4, 0.5) is 4.79 Å². The third-order valence-corrected chi connectivity index (χ3v) is 3.17.